The van der Waals surface area contributed by atoms with Crippen LogP contribution in [0.5, 0.6) is 5.75 Å². The van der Waals surface area contributed by atoms with Gasteiger partial charge in [0.2, 0.25) is 0 Å². The number of nitrogens with one attached hydrogen (secondary N) is 2. The Bertz CT molecular complexity index is 1380. The molecule has 32 heavy (non-hydrogen) atoms. The number of rotatable bonds is 7. The summed E-state index contributed by atoms with van der Waals surface area (Å²) >= 11 is 3.52. The normalized spacial score (nSPS) is 11.3. The highest BCUT2D eigenvalue weighted by Crippen LogP contribution is 2.33. The molecular formula is C22H18BrN3O5S. The number of carbonyl (C=O) groups excluding carboxylic acids is 1. The van der Waals surface area contributed by atoms with Gasteiger partial charge in [-0.2, -0.15) is 0 Å². The zero-order chi connectivity index (χ0) is 22.7. The van der Waals surface area contributed by atoms with Crippen LogP contribution >= 0.6 is 15.9 Å². The second kappa shape index (κ2) is 9.01. The highest BCUT2D eigenvalue weighted by Gasteiger charge is 2.16. The summed E-state index contributed by atoms with van der Waals surface area (Å²) in [5.41, 5.74) is 0.437. The van der Waals surface area contributed by atoms with Gasteiger partial charge in [0.05, 0.1) is 9.37 Å². The van der Waals surface area contributed by atoms with Crippen molar-refractivity contribution in [3.63, 3.8) is 0 Å². The molecule has 0 atom stereocenters. The van der Waals surface area contributed by atoms with Crippen LogP contribution in [0.25, 0.3) is 10.8 Å². The molecule has 1 aromatic heterocycles. The van der Waals surface area contributed by atoms with Crippen molar-refractivity contribution >= 4 is 54.1 Å². The van der Waals surface area contributed by atoms with Crippen LogP contribution in [0.4, 0.5) is 11.5 Å². The number of ether oxygens (including phenoxy) is 1. The van der Waals surface area contributed by atoms with E-state index < -0.39 is 10.0 Å². The third-order valence-electron chi connectivity index (χ3n) is 4.50. The zero-order valence-electron chi connectivity index (χ0n) is 16.8. The lowest BCUT2D eigenvalue weighted by Crippen LogP contribution is -2.20. The fourth-order valence-electron chi connectivity index (χ4n) is 2.99. The van der Waals surface area contributed by atoms with Crippen LogP contribution < -0.4 is 14.8 Å². The van der Waals surface area contributed by atoms with Crippen LogP contribution in [-0.2, 0) is 14.8 Å². The molecule has 1 amide bonds. The molecule has 3 aromatic carbocycles. The van der Waals surface area contributed by atoms with Gasteiger partial charge in [-0.3, -0.25) is 9.52 Å². The first kappa shape index (κ1) is 21.8. The van der Waals surface area contributed by atoms with Gasteiger partial charge in [0, 0.05) is 11.8 Å². The number of benzene rings is 3. The van der Waals surface area contributed by atoms with E-state index in [-0.39, 0.29) is 23.2 Å². The van der Waals surface area contributed by atoms with Crippen molar-refractivity contribution in [3.05, 3.63) is 77.0 Å². The lowest BCUT2D eigenvalue weighted by atomic mass is 10.1. The Balaban J connectivity index is 1.37. The van der Waals surface area contributed by atoms with E-state index in [0.717, 1.165) is 15.2 Å². The average Bonchev–Trinajstić information content (AvgIpc) is 3.17. The number of anilines is 2. The van der Waals surface area contributed by atoms with Gasteiger partial charge in [-0.25, -0.2) is 8.42 Å². The standard InChI is InChI=1S/C22H18BrN3O5S/c1-14-12-20(25-31-14)26-32(28,29)17-9-7-16(8-10-17)24-21(27)13-30-19-11-6-15-4-2-3-5-18(15)22(19)23/h2-12H,13H2,1H3,(H,24,27)(H,25,26). The molecule has 0 aliphatic carbocycles. The van der Waals surface area contributed by atoms with Crippen LogP contribution in [0, 0.1) is 6.92 Å². The van der Waals surface area contributed by atoms with Crippen molar-refractivity contribution in [2.24, 2.45) is 0 Å². The topological polar surface area (TPSA) is 111 Å². The fourth-order valence-corrected chi connectivity index (χ4v) is 4.59. The van der Waals surface area contributed by atoms with Gasteiger partial charge < -0.3 is 14.6 Å². The number of carbonyl (C=O) groups is 1. The van der Waals surface area contributed by atoms with Gasteiger partial charge in [-0.05, 0) is 64.0 Å². The Labute approximate surface area is 192 Å². The number of nitrogens with zero attached hydrogens (tertiary/aromatic N) is 1. The molecule has 0 saturated carbocycles. The van der Waals surface area contributed by atoms with Crippen molar-refractivity contribution in [1.29, 1.82) is 0 Å². The smallest absolute Gasteiger partial charge is 0.263 e. The van der Waals surface area contributed by atoms with Crippen molar-refractivity contribution in [3.8, 4) is 5.75 Å². The van der Waals surface area contributed by atoms with Crippen molar-refractivity contribution < 1.29 is 22.5 Å². The summed E-state index contributed by atoms with van der Waals surface area (Å²) in [7, 11) is -3.83. The van der Waals surface area contributed by atoms with Crippen LogP contribution in [0.15, 0.2) is 80.6 Å². The van der Waals surface area contributed by atoms with Gasteiger partial charge in [0.15, 0.2) is 12.4 Å². The molecule has 2 N–H and O–H groups in total. The van der Waals surface area contributed by atoms with Gasteiger partial charge in [-0.1, -0.05) is 35.5 Å². The molecule has 0 saturated heterocycles. The molecule has 4 aromatic rings. The number of hydrogen-bond acceptors (Lipinski definition) is 6. The first-order valence-electron chi connectivity index (χ1n) is 9.48. The van der Waals surface area contributed by atoms with E-state index in [0.29, 0.717) is 17.2 Å². The maximum absolute atomic E-state index is 12.4. The first-order valence-corrected chi connectivity index (χ1v) is 11.8. The molecule has 4 rings (SSSR count). The van der Waals surface area contributed by atoms with Crippen LogP contribution in [-0.4, -0.2) is 26.1 Å². The summed E-state index contributed by atoms with van der Waals surface area (Å²) in [5, 5.41) is 8.33. The Morgan fingerprint density at radius 1 is 1.09 bits per heavy atom. The molecule has 0 aliphatic rings. The van der Waals surface area contributed by atoms with Crippen LogP contribution in [0.2, 0.25) is 0 Å². The molecule has 0 bridgehead atoms. The summed E-state index contributed by atoms with van der Waals surface area (Å²) in [6.07, 6.45) is 0. The third-order valence-corrected chi connectivity index (χ3v) is 6.69. The molecule has 164 valence electrons. The number of sulfonamides is 1. The minimum atomic E-state index is -3.83. The molecule has 10 heteroatoms. The lowest BCUT2D eigenvalue weighted by Gasteiger charge is -2.11. The molecular weight excluding hydrogens is 498 g/mol. The summed E-state index contributed by atoms with van der Waals surface area (Å²) in [5.74, 6) is 0.752. The Hall–Kier alpha value is -3.37. The predicted octanol–water partition coefficient (Wildman–Crippen LogP) is 4.72. The number of amides is 1. The number of aromatic nitrogens is 1. The molecule has 0 fully saturated rings. The van der Waals surface area contributed by atoms with E-state index in [4.69, 9.17) is 9.26 Å². The second-order valence-corrected chi connectivity index (χ2v) is 9.36. The third kappa shape index (κ3) is 4.92. The maximum Gasteiger partial charge on any atom is 0.263 e. The molecule has 0 unspecified atom stereocenters. The largest absolute Gasteiger partial charge is 0.483 e. The Morgan fingerprint density at radius 3 is 2.56 bits per heavy atom. The van der Waals surface area contributed by atoms with E-state index in [1.807, 2.05) is 30.3 Å². The van der Waals surface area contributed by atoms with Crippen LogP contribution in [0.1, 0.15) is 5.76 Å². The number of halogens is 1. The highest BCUT2D eigenvalue weighted by atomic mass is 79.9. The summed E-state index contributed by atoms with van der Waals surface area (Å²) in [6, 6.07) is 18.8. The van der Waals surface area contributed by atoms with Gasteiger partial charge in [-0.15, -0.1) is 0 Å². The summed E-state index contributed by atoms with van der Waals surface area (Å²) in [6.45, 7) is 1.45. The Morgan fingerprint density at radius 2 is 1.84 bits per heavy atom. The number of hydrogen-bond donors (Lipinski definition) is 2. The monoisotopic (exact) mass is 515 g/mol. The van der Waals surface area contributed by atoms with Gasteiger partial charge in [0.25, 0.3) is 15.9 Å². The minimum Gasteiger partial charge on any atom is -0.483 e. The van der Waals surface area contributed by atoms with E-state index >= 15 is 0 Å². The second-order valence-electron chi connectivity index (χ2n) is 6.89. The van der Waals surface area contributed by atoms with E-state index in [9.17, 15) is 13.2 Å². The first-order chi connectivity index (χ1) is 15.3. The number of aryl methyl sites for hydroxylation is 1. The summed E-state index contributed by atoms with van der Waals surface area (Å²) < 4.78 is 38.4. The molecule has 0 aliphatic heterocycles. The summed E-state index contributed by atoms with van der Waals surface area (Å²) in [4.78, 5) is 12.3. The zero-order valence-corrected chi connectivity index (χ0v) is 19.2. The Kier molecular flexibility index (Phi) is 6.15. The van der Waals surface area contributed by atoms with Crippen molar-refractivity contribution in [1.82, 2.24) is 5.16 Å². The van der Waals surface area contributed by atoms with Crippen LogP contribution in [0.3, 0.4) is 0 Å². The van der Waals surface area contributed by atoms with Crippen molar-refractivity contribution in [2.75, 3.05) is 16.6 Å². The quantitative estimate of drug-likeness (QED) is 0.368. The maximum atomic E-state index is 12.4. The molecule has 8 nitrogen and oxygen atoms in total. The van der Waals surface area contributed by atoms with E-state index in [1.165, 1.54) is 30.3 Å². The molecule has 1 heterocycles. The molecule has 0 spiro atoms. The van der Waals surface area contributed by atoms with Crippen molar-refractivity contribution in [2.45, 2.75) is 11.8 Å². The average molecular weight is 516 g/mol. The van der Waals surface area contributed by atoms with Gasteiger partial charge >= 0.3 is 0 Å². The SMILES string of the molecule is Cc1cc(NS(=O)(=O)c2ccc(NC(=O)COc3ccc4ccccc4c3Br)cc2)no1. The number of fused-ring (bicyclic) bond motifs is 1. The highest BCUT2D eigenvalue weighted by molar-refractivity contribution is 9.10. The molecule has 0 radical (unpaired) electrons. The van der Waals surface area contributed by atoms with E-state index in [2.05, 4.69) is 31.1 Å². The minimum absolute atomic E-state index is 0.0208. The predicted molar refractivity (Wildman–Crippen MR) is 124 cm³/mol. The fraction of sp³-hybridized carbons (Fsp3) is 0.0909. The lowest BCUT2D eigenvalue weighted by molar-refractivity contribution is -0.118. The van der Waals surface area contributed by atoms with E-state index in [1.54, 1.807) is 13.0 Å². The van der Waals surface area contributed by atoms with Gasteiger partial charge in [0.1, 0.15) is 11.5 Å².